The molecular formula is C23H21N5O4S. The second-order valence-electron chi connectivity index (χ2n) is 7.22. The van der Waals surface area contributed by atoms with Gasteiger partial charge in [-0.25, -0.2) is 4.98 Å². The van der Waals surface area contributed by atoms with Crippen molar-refractivity contribution in [2.24, 2.45) is 0 Å². The van der Waals surface area contributed by atoms with E-state index in [-0.39, 0.29) is 11.3 Å². The molecule has 0 aliphatic carbocycles. The van der Waals surface area contributed by atoms with Crippen LogP contribution in [-0.4, -0.2) is 32.2 Å². The zero-order valence-corrected chi connectivity index (χ0v) is 19.0. The summed E-state index contributed by atoms with van der Waals surface area (Å²) in [6.45, 7) is 5.90. The molecule has 2 heterocycles. The molecule has 9 nitrogen and oxygen atoms in total. The minimum Gasteiger partial charge on any atom is -0.494 e. The Bertz CT molecular complexity index is 1330. The van der Waals surface area contributed by atoms with Crippen molar-refractivity contribution in [2.75, 3.05) is 11.9 Å². The van der Waals surface area contributed by atoms with E-state index in [0.717, 1.165) is 17.0 Å². The van der Waals surface area contributed by atoms with Gasteiger partial charge in [-0.2, -0.15) is 9.78 Å². The Hall–Kier alpha value is -4.05. The van der Waals surface area contributed by atoms with Gasteiger partial charge in [-0.05, 0) is 51.1 Å². The topological polar surface area (TPSA) is 112 Å². The number of rotatable bonds is 7. The Balaban J connectivity index is 1.61. The number of nitrogens with zero attached hydrogens (tertiary/aromatic N) is 4. The summed E-state index contributed by atoms with van der Waals surface area (Å²) in [7, 11) is 0. The molecule has 0 saturated carbocycles. The van der Waals surface area contributed by atoms with Gasteiger partial charge < -0.3 is 10.1 Å². The van der Waals surface area contributed by atoms with Gasteiger partial charge in [-0.15, -0.1) is 11.3 Å². The number of hydrogen-bond acceptors (Lipinski definition) is 7. The number of nitrogens with one attached hydrogen (secondary N) is 1. The highest BCUT2D eigenvalue weighted by Crippen LogP contribution is 2.28. The van der Waals surface area contributed by atoms with Gasteiger partial charge in [0.25, 0.3) is 11.6 Å². The third kappa shape index (κ3) is 4.60. The summed E-state index contributed by atoms with van der Waals surface area (Å²) in [6, 6.07) is 13.8. The van der Waals surface area contributed by atoms with Crippen molar-refractivity contribution >= 4 is 28.7 Å². The fourth-order valence-corrected chi connectivity index (χ4v) is 4.16. The monoisotopic (exact) mass is 463 g/mol. The minimum absolute atomic E-state index is 0.104. The predicted octanol–water partition coefficient (Wildman–Crippen LogP) is 5.17. The molecule has 2 aromatic carbocycles. The number of benzene rings is 2. The van der Waals surface area contributed by atoms with Gasteiger partial charge in [0.05, 0.1) is 22.9 Å². The highest BCUT2D eigenvalue weighted by atomic mass is 32.1. The number of nitro groups is 1. The van der Waals surface area contributed by atoms with E-state index < -0.39 is 10.8 Å². The van der Waals surface area contributed by atoms with Gasteiger partial charge in [0.15, 0.2) is 0 Å². The molecule has 0 spiro atoms. The molecule has 1 amide bonds. The molecule has 10 heteroatoms. The van der Waals surface area contributed by atoms with E-state index >= 15 is 0 Å². The Morgan fingerprint density at radius 1 is 1.21 bits per heavy atom. The molecule has 168 valence electrons. The molecule has 0 aliphatic heterocycles. The van der Waals surface area contributed by atoms with Crippen LogP contribution in [0.1, 0.15) is 28.5 Å². The quantitative estimate of drug-likeness (QED) is 0.299. The van der Waals surface area contributed by atoms with Gasteiger partial charge in [0.1, 0.15) is 11.6 Å². The average molecular weight is 464 g/mol. The third-order valence-electron chi connectivity index (χ3n) is 4.95. The maximum atomic E-state index is 12.9. The highest BCUT2D eigenvalue weighted by molar-refractivity contribution is 7.12. The van der Waals surface area contributed by atoms with Crippen molar-refractivity contribution in [1.82, 2.24) is 14.8 Å². The zero-order valence-electron chi connectivity index (χ0n) is 18.2. The van der Waals surface area contributed by atoms with Crippen LogP contribution in [-0.2, 0) is 0 Å². The molecule has 0 atom stereocenters. The summed E-state index contributed by atoms with van der Waals surface area (Å²) < 4.78 is 7.04. The Labute approximate surface area is 193 Å². The van der Waals surface area contributed by atoms with Crippen LogP contribution in [0.4, 0.5) is 11.5 Å². The predicted molar refractivity (Wildman–Crippen MR) is 126 cm³/mol. The first-order valence-corrected chi connectivity index (χ1v) is 11.1. The lowest BCUT2D eigenvalue weighted by molar-refractivity contribution is -0.385. The maximum Gasteiger partial charge on any atom is 0.273 e. The van der Waals surface area contributed by atoms with Crippen LogP contribution in [0.5, 0.6) is 5.75 Å². The van der Waals surface area contributed by atoms with Crippen molar-refractivity contribution < 1.29 is 14.5 Å². The summed E-state index contributed by atoms with van der Waals surface area (Å²) >= 11 is 1.39. The minimum atomic E-state index is -0.501. The SMILES string of the molecule is CCOc1ccc(-c2csc(-n3nc(C)cc3NC(=O)c3cccc([N+](=O)[O-])c3C)n2)cc1. The van der Waals surface area contributed by atoms with Crippen molar-refractivity contribution in [1.29, 1.82) is 0 Å². The number of carbonyl (C=O) groups is 1. The second kappa shape index (κ2) is 9.21. The maximum absolute atomic E-state index is 12.9. The summed E-state index contributed by atoms with van der Waals surface area (Å²) in [5, 5.41) is 21.0. The Kier molecular flexibility index (Phi) is 6.18. The van der Waals surface area contributed by atoms with E-state index in [9.17, 15) is 14.9 Å². The molecule has 4 aromatic rings. The molecule has 0 saturated heterocycles. The number of nitro benzene ring substituents is 1. The number of thiazole rings is 1. The van der Waals surface area contributed by atoms with Gasteiger partial charge in [0, 0.05) is 34.2 Å². The number of hydrogen-bond donors (Lipinski definition) is 1. The van der Waals surface area contributed by atoms with E-state index in [0.29, 0.717) is 28.8 Å². The van der Waals surface area contributed by atoms with Gasteiger partial charge >= 0.3 is 0 Å². The van der Waals surface area contributed by atoms with E-state index in [4.69, 9.17) is 4.74 Å². The summed E-state index contributed by atoms with van der Waals surface area (Å²) in [4.78, 5) is 28.3. The molecule has 0 bridgehead atoms. The molecule has 33 heavy (non-hydrogen) atoms. The third-order valence-corrected chi connectivity index (χ3v) is 5.77. The standard InChI is InChI=1S/C23H21N5O4S/c1-4-32-17-10-8-16(9-11-17)19-13-33-23(24-19)27-21(12-14(2)26-27)25-22(29)18-6-5-7-20(15(18)3)28(30)31/h5-13H,4H2,1-3H3,(H,25,29). The van der Waals surface area contributed by atoms with E-state index in [1.165, 1.54) is 23.5 Å². The normalized spacial score (nSPS) is 10.8. The molecule has 0 unspecified atom stereocenters. The van der Waals surface area contributed by atoms with Crippen LogP contribution in [0.2, 0.25) is 0 Å². The van der Waals surface area contributed by atoms with Crippen LogP contribution < -0.4 is 10.1 Å². The first-order chi connectivity index (χ1) is 15.9. The number of aromatic nitrogens is 3. The summed E-state index contributed by atoms with van der Waals surface area (Å²) in [5.74, 6) is 0.762. The van der Waals surface area contributed by atoms with Crippen LogP contribution in [0, 0.1) is 24.0 Å². The molecule has 0 aliphatic rings. The molecular weight excluding hydrogens is 442 g/mol. The molecule has 1 N–H and O–H groups in total. The molecule has 2 aromatic heterocycles. The lowest BCUT2D eigenvalue weighted by Gasteiger charge is -2.09. The fourth-order valence-electron chi connectivity index (χ4n) is 3.37. The number of carbonyl (C=O) groups excluding carboxylic acids is 1. The smallest absolute Gasteiger partial charge is 0.273 e. The van der Waals surface area contributed by atoms with Gasteiger partial charge in [0.2, 0.25) is 5.13 Å². The first kappa shape index (κ1) is 22.2. The van der Waals surface area contributed by atoms with Crippen LogP contribution >= 0.6 is 11.3 Å². The van der Waals surface area contributed by atoms with Crippen molar-refractivity contribution in [2.45, 2.75) is 20.8 Å². The number of anilines is 1. The zero-order chi connectivity index (χ0) is 23.5. The van der Waals surface area contributed by atoms with Gasteiger partial charge in [-0.3, -0.25) is 14.9 Å². The van der Waals surface area contributed by atoms with E-state index in [1.54, 1.807) is 23.7 Å². The molecule has 0 fully saturated rings. The fraction of sp³-hybridized carbons (Fsp3) is 0.174. The van der Waals surface area contributed by atoms with Crippen LogP contribution in [0.25, 0.3) is 16.4 Å². The number of aryl methyl sites for hydroxylation is 1. The number of amides is 1. The summed E-state index contributed by atoms with van der Waals surface area (Å²) in [6.07, 6.45) is 0. The number of ether oxygens (including phenoxy) is 1. The lowest BCUT2D eigenvalue weighted by atomic mass is 10.1. The van der Waals surface area contributed by atoms with E-state index in [1.807, 2.05) is 43.5 Å². The average Bonchev–Trinajstić information content (AvgIpc) is 3.41. The lowest BCUT2D eigenvalue weighted by Crippen LogP contribution is -2.16. The van der Waals surface area contributed by atoms with Gasteiger partial charge in [-0.1, -0.05) is 6.07 Å². The second-order valence-corrected chi connectivity index (χ2v) is 8.05. The summed E-state index contributed by atoms with van der Waals surface area (Å²) in [5.41, 5.74) is 2.82. The van der Waals surface area contributed by atoms with Crippen molar-refractivity contribution in [3.05, 3.63) is 80.8 Å². The molecule has 0 radical (unpaired) electrons. The Morgan fingerprint density at radius 3 is 2.67 bits per heavy atom. The van der Waals surface area contributed by atoms with E-state index in [2.05, 4.69) is 15.4 Å². The van der Waals surface area contributed by atoms with Crippen molar-refractivity contribution in [3.8, 4) is 22.1 Å². The first-order valence-electron chi connectivity index (χ1n) is 10.2. The van der Waals surface area contributed by atoms with Crippen molar-refractivity contribution in [3.63, 3.8) is 0 Å². The van der Waals surface area contributed by atoms with Crippen LogP contribution in [0.3, 0.4) is 0 Å². The largest absolute Gasteiger partial charge is 0.494 e. The highest BCUT2D eigenvalue weighted by Gasteiger charge is 2.20. The molecule has 4 rings (SSSR count). The Morgan fingerprint density at radius 2 is 1.97 bits per heavy atom. The van der Waals surface area contributed by atoms with Crippen LogP contribution in [0.15, 0.2) is 53.9 Å².